The second-order valence-corrected chi connectivity index (χ2v) is 7.60. The van der Waals surface area contributed by atoms with E-state index in [4.69, 9.17) is 17.0 Å². The molecular weight excluding hydrogens is 392 g/mol. The zero-order valence-corrected chi connectivity index (χ0v) is 18.1. The first-order valence-corrected chi connectivity index (χ1v) is 10.3. The van der Waals surface area contributed by atoms with Gasteiger partial charge in [0.1, 0.15) is 0 Å². The van der Waals surface area contributed by atoms with Gasteiger partial charge in [0.25, 0.3) is 11.1 Å². The summed E-state index contributed by atoms with van der Waals surface area (Å²) in [7, 11) is 0. The molecule has 0 fully saturated rings. The van der Waals surface area contributed by atoms with Crippen molar-refractivity contribution >= 4 is 29.0 Å². The molecule has 0 saturated carbocycles. The van der Waals surface area contributed by atoms with Gasteiger partial charge in [-0.05, 0) is 48.8 Å². The second-order valence-electron chi connectivity index (χ2n) is 7.25. The molecule has 1 N–H and O–H groups in total. The summed E-state index contributed by atoms with van der Waals surface area (Å²) in [6, 6.07) is 26.1. The van der Waals surface area contributed by atoms with E-state index < -0.39 is 0 Å². The number of hydrogen-bond acceptors (Lipinski definition) is 3. The van der Waals surface area contributed by atoms with Gasteiger partial charge in [-0.2, -0.15) is 0 Å². The van der Waals surface area contributed by atoms with Crippen LogP contribution in [0.3, 0.4) is 0 Å². The van der Waals surface area contributed by atoms with Crippen LogP contribution >= 0.6 is 12.2 Å². The monoisotopic (exact) mass is 418 g/mol. The quantitative estimate of drug-likeness (QED) is 0.533. The number of rotatable bonds is 7. The van der Waals surface area contributed by atoms with Crippen LogP contribution in [0.25, 0.3) is 0 Å². The molecule has 0 unspecified atom stereocenters. The van der Waals surface area contributed by atoms with Gasteiger partial charge in [0.15, 0.2) is 6.61 Å². The summed E-state index contributed by atoms with van der Waals surface area (Å²) in [6.45, 7) is 5.07. The highest BCUT2D eigenvalue weighted by Crippen LogP contribution is 2.16. The molecule has 4 nitrogen and oxygen atoms in total. The Labute approximate surface area is 183 Å². The van der Waals surface area contributed by atoms with Crippen molar-refractivity contribution in [2.24, 2.45) is 0 Å². The molecule has 0 heterocycles. The van der Waals surface area contributed by atoms with Gasteiger partial charge in [0, 0.05) is 18.8 Å². The first-order chi connectivity index (χ1) is 14.5. The van der Waals surface area contributed by atoms with Crippen LogP contribution in [0.4, 0.5) is 5.69 Å². The van der Waals surface area contributed by atoms with Gasteiger partial charge in [0.2, 0.25) is 0 Å². The standard InChI is InChI=1S/C25H26N2O2S/c1-19-13-14-23(20(2)15-19)26-24(28)18-29-25(30)27(16-21-9-5-3-6-10-21)17-22-11-7-4-8-12-22/h3-15H,16-18H2,1-2H3,(H,26,28). The number of carbonyl (C=O) groups excluding carboxylic acids is 1. The molecule has 3 aromatic carbocycles. The van der Waals surface area contributed by atoms with Gasteiger partial charge in [-0.3, -0.25) is 4.79 Å². The molecule has 3 rings (SSSR count). The third kappa shape index (κ3) is 6.42. The van der Waals surface area contributed by atoms with Crippen LogP contribution in [-0.2, 0) is 22.6 Å². The minimum atomic E-state index is -0.233. The highest BCUT2D eigenvalue weighted by Gasteiger charge is 2.15. The summed E-state index contributed by atoms with van der Waals surface area (Å²) >= 11 is 5.52. The van der Waals surface area contributed by atoms with Gasteiger partial charge < -0.3 is 15.0 Å². The molecular formula is C25H26N2O2S. The molecule has 0 spiro atoms. The predicted molar refractivity (Wildman–Crippen MR) is 125 cm³/mol. The largest absolute Gasteiger partial charge is 0.461 e. The third-order valence-corrected chi connectivity index (χ3v) is 5.05. The number of nitrogens with zero attached hydrogens (tertiary/aromatic N) is 1. The van der Waals surface area contributed by atoms with Crippen molar-refractivity contribution in [3.63, 3.8) is 0 Å². The van der Waals surface area contributed by atoms with Crippen molar-refractivity contribution in [1.82, 2.24) is 4.90 Å². The second kappa shape index (κ2) is 10.6. The lowest BCUT2D eigenvalue weighted by molar-refractivity contribution is -0.118. The van der Waals surface area contributed by atoms with Crippen LogP contribution < -0.4 is 5.32 Å². The van der Waals surface area contributed by atoms with Crippen molar-refractivity contribution in [3.8, 4) is 0 Å². The number of aryl methyl sites for hydroxylation is 2. The van der Waals surface area contributed by atoms with Crippen LogP contribution in [-0.4, -0.2) is 22.6 Å². The van der Waals surface area contributed by atoms with Crippen molar-refractivity contribution < 1.29 is 9.53 Å². The molecule has 0 aliphatic carbocycles. The van der Waals surface area contributed by atoms with E-state index in [1.54, 1.807) is 0 Å². The molecule has 154 valence electrons. The fourth-order valence-corrected chi connectivity index (χ4v) is 3.34. The van der Waals surface area contributed by atoms with Gasteiger partial charge in [-0.1, -0.05) is 78.4 Å². The van der Waals surface area contributed by atoms with Gasteiger partial charge in [0.05, 0.1) is 0 Å². The Kier molecular flexibility index (Phi) is 7.57. The Balaban J connectivity index is 1.62. The Morgan fingerprint density at radius 3 is 2.00 bits per heavy atom. The van der Waals surface area contributed by atoms with E-state index in [0.717, 1.165) is 27.9 Å². The minimum absolute atomic E-state index is 0.133. The van der Waals surface area contributed by atoms with E-state index in [0.29, 0.717) is 18.3 Å². The number of anilines is 1. The number of carbonyl (C=O) groups is 1. The van der Waals surface area contributed by atoms with E-state index in [2.05, 4.69) is 5.32 Å². The summed E-state index contributed by atoms with van der Waals surface area (Å²) < 4.78 is 5.69. The molecule has 0 aliphatic heterocycles. The van der Waals surface area contributed by atoms with Crippen LogP contribution in [0.2, 0.25) is 0 Å². The zero-order chi connectivity index (χ0) is 21.3. The molecule has 0 aromatic heterocycles. The topological polar surface area (TPSA) is 41.6 Å². The Morgan fingerprint density at radius 1 is 0.900 bits per heavy atom. The molecule has 0 radical (unpaired) electrons. The summed E-state index contributed by atoms with van der Waals surface area (Å²) in [5, 5.41) is 3.19. The summed E-state index contributed by atoms with van der Waals surface area (Å²) in [4.78, 5) is 14.3. The van der Waals surface area contributed by atoms with E-state index in [1.807, 2.05) is 97.6 Å². The van der Waals surface area contributed by atoms with E-state index in [1.165, 1.54) is 0 Å². The zero-order valence-electron chi connectivity index (χ0n) is 17.3. The average molecular weight is 419 g/mol. The molecule has 0 bridgehead atoms. The lowest BCUT2D eigenvalue weighted by Crippen LogP contribution is -2.33. The van der Waals surface area contributed by atoms with Gasteiger partial charge >= 0.3 is 0 Å². The van der Waals surface area contributed by atoms with Crippen LogP contribution in [0, 0.1) is 13.8 Å². The van der Waals surface area contributed by atoms with E-state index in [9.17, 15) is 4.79 Å². The van der Waals surface area contributed by atoms with Crippen LogP contribution in [0.1, 0.15) is 22.3 Å². The Bertz CT molecular complexity index is 949. The number of benzene rings is 3. The van der Waals surface area contributed by atoms with Crippen molar-refractivity contribution in [3.05, 3.63) is 101 Å². The smallest absolute Gasteiger partial charge is 0.262 e. The lowest BCUT2D eigenvalue weighted by Gasteiger charge is -2.25. The molecule has 0 saturated heterocycles. The number of ether oxygens (including phenoxy) is 1. The van der Waals surface area contributed by atoms with Crippen LogP contribution in [0.15, 0.2) is 78.9 Å². The highest BCUT2D eigenvalue weighted by atomic mass is 32.1. The molecule has 30 heavy (non-hydrogen) atoms. The number of nitrogens with one attached hydrogen (secondary N) is 1. The minimum Gasteiger partial charge on any atom is -0.461 e. The maximum atomic E-state index is 12.4. The average Bonchev–Trinajstić information content (AvgIpc) is 2.75. The highest BCUT2D eigenvalue weighted by molar-refractivity contribution is 7.80. The van der Waals surface area contributed by atoms with E-state index >= 15 is 0 Å². The SMILES string of the molecule is Cc1ccc(NC(=O)COC(=S)N(Cc2ccccc2)Cc2ccccc2)c(C)c1. The van der Waals surface area contributed by atoms with Crippen molar-refractivity contribution in [1.29, 1.82) is 0 Å². The van der Waals surface area contributed by atoms with E-state index in [-0.39, 0.29) is 12.5 Å². The summed E-state index contributed by atoms with van der Waals surface area (Å²) in [5.41, 5.74) is 5.20. The Morgan fingerprint density at radius 2 is 1.47 bits per heavy atom. The molecule has 0 atom stereocenters. The van der Waals surface area contributed by atoms with Crippen molar-refractivity contribution in [2.45, 2.75) is 26.9 Å². The predicted octanol–water partition coefficient (Wildman–Crippen LogP) is 5.25. The summed E-state index contributed by atoms with van der Waals surface area (Å²) in [5.74, 6) is -0.233. The molecule has 5 heteroatoms. The lowest BCUT2D eigenvalue weighted by atomic mass is 10.1. The number of hydrogen-bond donors (Lipinski definition) is 1. The maximum Gasteiger partial charge on any atom is 0.262 e. The third-order valence-electron chi connectivity index (χ3n) is 4.67. The summed E-state index contributed by atoms with van der Waals surface area (Å²) in [6.07, 6.45) is 0. The van der Waals surface area contributed by atoms with Gasteiger partial charge in [-0.25, -0.2) is 0 Å². The normalized spacial score (nSPS) is 10.3. The van der Waals surface area contributed by atoms with Gasteiger partial charge in [-0.15, -0.1) is 0 Å². The molecule has 3 aromatic rings. The first kappa shape index (κ1) is 21.5. The number of thiocarbonyl (C=S) groups is 1. The fraction of sp³-hybridized carbons (Fsp3) is 0.200. The van der Waals surface area contributed by atoms with Crippen molar-refractivity contribution in [2.75, 3.05) is 11.9 Å². The number of amides is 1. The maximum absolute atomic E-state index is 12.4. The van der Waals surface area contributed by atoms with Crippen LogP contribution in [0.5, 0.6) is 0 Å². The molecule has 1 amide bonds. The fourth-order valence-electron chi connectivity index (χ4n) is 3.15. The molecule has 0 aliphatic rings. The first-order valence-electron chi connectivity index (χ1n) is 9.88. The Hall–Kier alpha value is -3.18.